The third-order valence-corrected chi connectivity index (χ3v) is 2.48. The first-order valence-corrected chi connectivity index (χ1v) is 4.17. The molecule has 1 rings (SSSR count). The minimum atomic E-state index is -0.846. The van der Waals surface area contributed by atoms with Gasteiger partial charge < -0.3 is 15.6 Å². The molecule has 0 saturated carbocycles. The van der Waals surface area contributed by atoms with Gasteiger partial charge in [-0.1, -0.05) is 6.92 Å². The molecule has 3 N–H and O–H groups in total. The topological polar surface area (TPSA) is 72.5 Å². The fraction of sp³-hybridized carbons (Fsp3) is 0.875. The van der Waals surface area contributed by atoms with Gasteiger partial charge in [0, 0.05) is 5.92 Å². The Kier molecular flexibility index (Phi) is 2.69. The molecule has 1 aliphatic heterocycles. The first kappa shape index (κ1) is 9.48. The molecule has 1 aliphatic rings. The summed E-state index contributed by atoms with van der Waals surface area (Å²) in [6.07, 6.45) is 0.884. The van der Waals surface area contributed by atoms with Crippen LogP contribution < -0.4 is 5.73 Å². The molecule has 1 saturated heterocycles. The maximum Gasteiger partial charge on any atom is 0.305 e. The number of hydrogen-bond acceptors (Lipinski definition) is 3. The second-order valence-corrected chi connectivity index (χ2v) is 3.42. The van der Waals surface area contributed by atoms with Crippen molar-refractivity contribution in [3.05, 3.63) is 0 Å². The molecule has 0 aliphatic carbocycles. The molecular weight excluding hydrogens is 158 g/mol. The lowest BCUT2D eigenvalue weighted by atomic mass is 9.83. The van der Waals surface area contributed by atoms with Crippen LogP contribution >= 0.6 is 0 Å². The zero-order valence-corrected chi connectivity index (χ0v) is 7.25. The van der Waals surface area contributed by atoms with E-state index in [0.717, 1.165) is 6.42 Å². The van der Waals surface area contributed by atoms with E-state index in [0.29, 0.717) is 13.2 Å². The molecule has 4 heteroatoms. The van der Waals surface area contributed by atoms with E-state index in [9.17, 15) is 4.79 Å². The van der Waals surface area contributed by atoms with Crippen LogP contribution in [0.15, 0.2) is 0 Å². The summed E-state index contributed by atoms with van der Waals surface area (Å²) in [6.45, 7) is 2.97. The van der Waals surface area contributed by atoms with Crippen molar-refractivity contribution in [3.63, 3.8) is 0 Å². The van der Waals surface area contributed by atoms with Crippen LogP contribution in [0.3, 0.4) is 0 Å². The average Bonchev–Trinajstić information content (AvgIpc) is 2.28. The van der Waals surface area contributed by atoms with Crippen LogP contribution in [0, 0.1) is 5.92 Å². The summed E-state index contributed by atoms with van der Waals surface area (Å²) >= 11 is 0. The van der Waals surface area contributed by atoms with Crippen molar-refractivity contribution in [2.45, 2.75) is 25.3 Å². The van der Waals surface area contributed by atoms with Gasteiger partial charge in [-0.15, -0.1) is 0 Å². The Morgan fingerprint density at radius 2 is 2.50 bits per heavy atom. The van der Waals surface area contributed by atoms with Crippen molar-refractivity contribution in [2.24, 2.45) is 11.7 Å². The molecule has 2 atom stereocenters. The van der Waals surface area contributed by atoms with E-state index >= 15 is 0 Å². The van der Waals surface area contributed by atoms with Gasteiger partial charge in [0.1, 0.15) is 0 Å². The normalized spacial score (nSPS) is 35.3. The molecule has 0 radical (unpaired) electrons. The van der Waals surface area contributed by atoms with Crippen LogP contribution in [0.1, 0.15) is 19.8 Å². The molecule has 0 amide bonds. The van der Waals surface area contributed by atoms with Gasteiger partial charge in [-0.2, -0.15) is 0 Å². The Balaban J connectivity index is 2.61. The fourth-order valence-corrected chi connectivity index (χ4v) is 1.68. The number of hydrogen-bond donors (Lipinski definition) is 2. The van der Waals surface area contributed by atoms with Crippen molar-refractivity contribution >= 4 is 5.97 Å². The zero-order valence-electron chi connectivity index (χ0n) is 7.25. The summed E-state index contributed by atoms with van der Waals surface area (Å²) in [5.41, 5.74) is 5.27. The Labute approximate surface area is 71.7 Å². The first-order valence-electron chi connectivity index (χ1n) is 4.17. The summed E-state index contributed by atoms with van der Waals surface area (Å²) in [5.74, 6) is -0.657. The smallest absolute Gasteiger partial charge is 0.305 e. The molecule has 4 nitrogen and oxygen atoms in total. The van der Waals surface area contributed by atoms with Crippen LogP contribution in [0.4, 0.5) is 0 Å². The highest BCUT2D eigenvalue weighted by atomic mass is 16.5. The molecule has 0 aromatic rings. The second kappa shape index (κ2) is 3.41. The minimum absolute atomic E-state index is 0.00546. The molecule has 1 heterocycles. The van der Waals surface area contributed by atoms with Gasteiger partial charge in [0.05, 0.1) is 25.2 Å². The molecule has 12 heavy (non-hydrogen) atoms. The quantitative estimate of drug-likeness (QED) is 0.640. The summed E-state index contributed by atoms with van der Waals surface area (Å²) in [6, 6.07) is 0. The highest BCUT2D eigenvalue weighted by Gasteiger charge is 2.41. The van der Waals surface area contributed by atoms with Gasteiger partial charge in [-0.3, -0.25) is 4.79 Å². The van der Waals surface area contributed by atoms with E-state index < -0.39 is 11.5 Å². The minimum Gasteiger partial charge on any atom is -0.481 e. The molecule has 0 bridgehead atoms. The number of carbonyl (C=O) groups is 1. The monoisotopic (exact) mass is 173 g/mol. The second-order valence-electron chi connectivity index (χ2n) is 3.42. The van der Waals surface area contributed by atoms with E-state index in [4.69, 9.17) is 15.6 Å². The van der Waals surface area contributed by atoms with E-state index in [1.165, 1.54) is 0 Å². The molecule has 70 valence electrons. The third-order valence-electron chi connectivity index (χ3n) is 2.48. The van der Waals surface area contributed by atoms with Crippen LogP contribution in [0.5, 0.6) is 0 Å². The molecule has 2 unspecified atom stereocenters. The van der Waals surface area contributed by atoms with E-state index in [-0.39, 0.29) is 12.3 Å². The summed E-state index contributed by atoms with van der Waals surface area (Å²) in [5, 5.41) is 8.62. The Morgan fingerprint density at radius 3 is 3.00 bits per heavy atom. The third kappa shape index (κ3) is 1.76. The van der Waals surface area contributed by atoms with Crippen LogP contribution in [0.2, 0.25) is 0 Å². The van der Waals surface area contributed by atoms with E-state index in [2.05, 4.69) is 0 Å². The lowest BCUT2D eigenvalue weighted by Gasteiger charge is -2.26. The van der Waals surface area contributed by atoms with Gasteiger partial charge >= 0.3 is 5.97 Å². The van der Waals surface area contributed by atoms with Crippen LogP contribution in [0.25, 0.3) is 0 Å². The van der Waals surface area contributed by atoms with Crippen molar-refractivity contribution in [3.8, 4) is 0 Å². The Bertz CT molecular complexity index is 183. The molecular formula is C8H15NO3. The summed E-state index contributed by atoms with van der Waals surface area (Å²) in [4.78, 5) is 10.5. The number of carboxylic acids is 1. The molecule has 0 aromatic carbocycles. The van der Waals surface area contributed by atoms with Crippen molar-refractivity contribution in [1.82, 2.24) is 0 Å². The standard InChI is InChI=1S/C8H15NO3/c1-2-6-4-12-5-8(6,9)3-7(10)11/h6H,2-5,9H2,1H3,(H,10,11). The average molecular weight is 173 g/mol. The number of carboxylic acid groups (broad SMARTS) is 1. The highest BCUT2D eigenvalue weighted by Crippen LogP contribution is 2.28. The molecule has 0 aromatic heterocycles. The van der Waals surface area contributed by atoms with Gasteiger partial charge in [-0.25, -0.2) is 0 Å². The van der Waals surface area contributed by atoms with E-state index in [1.807, 2.05) is 6.92 Å². The summed E-state index contributed by atoms with van der Waals surface area (Å²) in [7, 11) is 0. The Morgan fingerprint density at radius 1 is 1.83 bits per heavy atom. The number of rotatable bonds is 3. The van der Waals surface area contributed by atoms with Crippen molar-refractivity contribution < 1.29 is 14.6 Å². The van der Waals surface area contributed by atoms with Crippen LogP contribution in [-0.2, 0) is 9.53 Å². The van der Waals surface area contributed by atoms with Gasteiger partial charge in [-0.05, 0) is 6.42 Å². The lowest BCUT2D eigenvalue weighted by molar-refractivity contribution is -0.138. The number of ether oxygens (including phenoxy) is 1. The summed E-state index contributed by atoms with van der Waals surface area (Å²) < 4.78 is 5.18. The van der Waals surface area contributed by atoms with Crippen molar-refractivity contribution in [2.75, 3.05) is 13.2 Å². The van der Waals surface area contributed by atoms with E-state index in [1.54, 1.807) is 0 Å². The van der Waals surface area contributed by atoms with Crippen molar-refractivity contribution in [1.29, 1.82) is 0 Å². The predicted molar refractivity (Wildman–Crippen MR) is 43.8 cm³/mol. The Hall–Kier alpha value is -0.610. The maximum absolute atomic E-state index is 10.5. The number of aliphatic carboxylic acids is 1. The lowest BCUT2D eigenvalue weighted by Crippen LogP contribution is -2.48. The largest absolute Gasteiger partial charge is 0.481 e. The first-order chi connectivity index (χ1) is 5.58. The zero-order chi connectivity index (χ0) is 9.19. The van der Waals surface area contributed by atoms with Crippen LogP contribution in [-0.4, -0.2) is 29.8 Å². The van der Waals surface area contributed by atoms with Gasteiger partial charge in [0.15, 0.2) is 0 Å². The number of nitrogens with two attached hydrogens (primary N) is 1. The SMILES string of the molecule is CCC1COCC1(N)CC(=O)O. The molecule has 0 spiro atoms. The van der Waals surface area contributed by atoms with Gasteiger partial charge in [0.2, 0.25) is 0 Å². The molecule has 1 fully saturated rings. The maximum atomic E-state index is 10.5. The highest BCUT2D eigenvalue weighted by molar-refractivity contribution is 5.68. The van der Waals surface area contributed by atoms with Gasteiger partial charge in [0.25, 0.3) is 0 Å². The predicted octanol–water partition coefficient (Wildman–Crippen LogP) is 0.215. The fourth-order valence-electron chi connectivity index (χ4n) is 1.68.